The van der Waals surface area contributed by atoms with Gasteiger partial charge in [-0.3, -0.25) is 4.79 Å². The molecular formula is C16H24N2O. The van der Waals surface area contributed by atoms with Crippen LogP contribution in [0.4, 0.5) is 0 Å². The molecule has 1 aromatic carbocycles. The van der Waals surface area contributed by atoms with E-state index in [2.05, 4.69) is 37.4 Å². The van der Waals surface area contributed by atoms with Crippen LogP contribution in [0.5, 0.6) is 0 Å². The normalized spacial score (nSPS) is 18.2. The lowest BCUT2D eigenvalue weighted by atomic mass is 9.95. The molecule has 1 heterocycles. The van der Waals surface area contributed by atoms with Crippen molar-refractivity contribution in [2.75, 3.05) is 13.6 Å². The van der Waals surface area contributed by atoms with Gasteiger partial charge in [-0.1, -0.05) is 38.1 Å². The second-order valence-electron chi connectivity index (χ2n) is 5.85. The molecule has 19 heavy (non-hydrogen) atoms. The van der Waals surface area contributed by atoms with E-state index in [1.807, 2.05) is 18.0 Å². The topological polar surface area (TPSA) is 32.3 Å². The summed E-state index contributed by atoms with van der Waals surface area (Å²) in [5.74, 6) is 0.852. The summed E-state index contributed by atoms with van der Waals surface area (Å²) in [6.45, 7) is 6.02. The molecule has 0 fully saturated rings. The molecule has 1 aromatic rings. The highest BCUT2D eigenvalue weighted by Crippen LogP contribution is 2.17. The van der Waals surface area contributed by atoms with Crippen LogP contribution in [0, 0.1) is 5.92 Å². The van der Waals surface area contributed by atoms with Gasteiger partial charge in [-0.05, 0) is 29.9 Å². The Hall–Kier alpha value is -1.35. The van der Waals surface area contributed by atoms with Gasteiger partial charge >= 0.3 is 0 Å². The van der Waals surface area contributed by atoms with Gasteiger partial charge in [0.05, 0.1) is 6.04 Å². The molecule has 1 aliphatic heterocycles. The largest absolute Gasteiger partial charge is 0.344 e. The van der Waals surface area contributed by atoms with Gasteiger partial charge in [-0.15, -0.1) is 0 Å². The number of amides is 1. The molecule has 1 N–H and O–H groups in total. The zero-order valence-electron chi connectivity index (χ0n) is 12.1. The minimum atomic E-state index is -0.0629. The zero-order valence-corrected chi connectivity index (χ0v) is 12.1. The molecule has 0 saturated heterocycles. The highest BCUT2D eigenvalue weighted by atomic mass is 16.2. The molecule has 1 atom stereocenters. The van der Waals surface area contributed by atoms with Crippen molar-refractivity contribution < 1.29 is 4.79 Å². The van der Waals surface area contributed by atoms with E-state index in [1.165, 1.54) is 11.1 Å². The van der Waals surface area contributed by atoms with Crippen LogP contribution < -0.4 is 5.32 Å². The fraction of sp³-hybridized carbons (Fsp3) is 0.562. The Balaban J connectivity index is 1.95. The number of nitrogens with one attached hydrogen (secondary N) is 1. The number of carbonyl (C=O) groups excluding carboxylic acids is 1. The molecule has 3 heteroatoms. The number of likely N-dealkylation sites (N-methyl/N-ethyl adjacent to an activating group) is 1. The summed E-state index contributed by atoms with van der Waals surface area (Å²) in [6, 6.07) is 8.30. The Bertz CT molecular complexity index is 442. The number of hydrogen-bond acceptors (Lipinski definition) is 2. The first kappa shape index (κ1) is 14.1. The fourth-order valence-electron chi connectivity index (χ4n) is 2.46. The minimum absolute atomic E-state index is 0.0629. The van der Waals surface area contributed by atoms with Crippen molar-refractivity contribution in [2.24, 2.45) is 5.92 Å². The standard InChI is InChI=1S/C16H24N2O/c1-12(2)8-9-18(3)16(19)15-10-13-6-4-5-7-14(13)11-17-15/h4-7,12,15,17H,8-11H2,1-3H3/t15-/m1/s1. The Morgan fingerprint density at radius 3 is 2.74 bits per heavy atom. The number of fused-ring (bicyclic) bond motifs is 1. The summed E-state index contributed by atoms with van der Waals surface area (Å²) in [5.41, 5.74) is 2.62. The van der Waals surface area contributed by atoms with Crippen LogP contribution in [0.3, 0.4) is 0 Å². The molecule has 3 nitrogen and oxygen atoms in total. The van der Waals surface area contributed by atoms with Crippen molar-refractivity contribution in [3.63, 3.8) is 0 Å². The second-order valence-corrected chi connectivity index (χ2v) is 5.85. The van der Waals surface area contributed by atoms with Gasteiger partial charge in [-0.2, -0.15) is 0 Å². The third-order valence-electron chi connectivity index (χ3n) is 3.80. The van der Waals surface area contributed by atoms with Crippen molar-refractivity contribution in [3.8, 4) is 0 Å². The van der Waals surface area contributed by atoms with Crippen LogP contribution in [-0.4, -0.2) is 30.4 Å². The molecule has 1 aliphatic rings. The quantitative estimate of drug-likeness (QED) is 0.900. The minimum Gasteiger partial charge on any atom is -0.344 e. The molecule has 0 aromatic heterocycles. The van der Waals surface area contributed by atoms with Gasteiger partial charge in [0.2, 0.25) is 5.91 Å². The van der Waals surface area contributed by atoms with Crippen LogP contribution in [0.1, 0.15) is 31.4 Å². The maximum Gasteiger partial charge on any atom is 0.239 e. The first-order valence-corrected chi connectivity index (χ1v) is 7.13. The van der Waals surface area contributed by atoms with Gasteiger partial charge in [0.15, 0.2) is 0 Å². The summed E-state index contributed by atoms with van der Waals surface area (Å²) in [7, 11) is 1.91. The predicted octanol–water partition coefficient (Wildman–Crippen LogP) is 2.21. The molecular weight excluding hydrogens is 236 g/mol. The summed E-state index contributed by atoms with van der Waals surface area (Å²) in [4.78, 5) is 14.3. The van der Waals surface area contributed by atoms with E-state index in [-0.39, 0.29) is 11.9 Å². The maximum atomic E-state index is 12.4. The highest BCUT2D eigenvalue weighted by Gasteiger charge is 2.26. The summed E-state index contributed by atoms with van der Waals surface area (Å²) in [6.07, 6.45) is 1.87. The lowest BCUT2D eigenvalue weighted by Gasteiger charge is -2.29. The summed E-state index contributed by atoms with van der Waals surface area (Å²) in [5, 5.41) is 3.35. The number of rotatable bonds is 4. The van der Waals surface area contributed by atoms with Crippen LogP contribution in [-0.2, 0) is 17.8 Å². The van der Waals surface area contributed by atoms with Crippen molar-refractivity contribution in [1.82, 2.24) is 10.2 Å². The smallest absolute Gasteiger partial charge is 0.239 e. The Kier molecular flexibility index (Phi) is 4.59. The maximum absolute atomic E-state index is 12.4. The lowest BCUT2D eigenvalue weighted by Crippen LogP contribution is -2.48. The Morgan fingerprint density at radius 2 is 2.05 bits per heavy atom. The van der Waals surface area contributed by atoms with Crippen molar-refractivity contribution in [1.29, 1.82) is 0 Å². The molecule has 104 valence electrons. The van der Waals surface area contributed by atoms with E-state index in [0.717, 1.165) is 25.9 Å². The molecule has 0 radical (unpaired) electrons. The van der Waals surface area contributed by atoms with E-state index in [1.54, 1.807) is 0 Å². The molecule has 2 rings (SSSR count). The van der Waals surface area contributed by atoms with Crippen LogP contribution in [0.2, 0.25) is 0 Å². The molecule has 0 spiro atoms. The van der Waals surface area contributed by atoms with Crippen LogP contribution >= 0.6 is 0 Å². The monoisotopic (exact) mass is 260 g/mol. The molecule has 0 aliphatic carbocycles. The average Bonchev–Trinajstić information content (AvgIpc) is 2.43. The van der Waals surface area contributed by atoms with E-state index in [4.69, 9.17) is 0 Å². The predicted molar refractivity (Wildman–Crippen MR) is 77.9 cm³/mol. The number of benzene rings is 1. The van der Waals surface area contributed by atoms with Crippen LogP contribution in [0.25, 0.3) is 0 Å². The van der Waals surface area contributed by atoms with Crippen molar-refractivity contribution in [2.45, 2.75) is 39.3 Å². The zero-order chi connectivity index (χ0) is 13.8. The Morgan fingerprint density at radius 1 is 1.37 bits per heavy atom. The summed E-state index contributed by atoms with van der Waals surface area (Å²) < 4.78 is 0. The van der Waals surface area contributed by atoms with Gasteiger partial charge in [0.1, 0.15) is 0 Å². The number of carbonyl (C=O) groups is 1. The fourth-order valence-corrected chi connectivity index (χ4v) is 2.46. The first-order chi connectivity index (χ1) is 9.08. The molecule has 0 saturated carbocycles. The van der Waals surface area contributed by atoms with Crippen molar-refractivity contribution >= 4 is 5.91 Å². The van der Waals surface area contributed by atoms with Crippen molar-refractivity contribution in [3.05, 3.63) is 35.4 Å². The van der Waals surface area contributed by atoms with E-state index in [0.29, 0.717) is 5.92 Å². The number of nitrogens with zero attached hydrogens (tertiary/aromatic N) is 1. The molecule has 0 bridgehead atoms. The van der Waals surface area contributed by atoms with E-state index in [9.17, 15) is 4.79 Å². The Labute approximate surface area is 116 Å². The second kappa shape index (κ2) is 6.20. The SMILES string of the molecule is CC(C)CCN(C)C(=O)[C@H]1Cc2ccccc2CN1. The van der Waals surface area contributed by atoms with Crippen LogP contribution in [0.15, 0.2) is 24.3 Å². The van der Waals surface area contributed by atoms with Gasteiger partial charge in [0, 0.05) is 20.1 Å². The average molecular weight is 260 g/mol. The molecule has 1 amide bonds. The van der Waals surface area contributed by atoms with Gasteiger partial charge in [0.25, 0.3) is 0 Å². The highest BCUT2D eigenvalue weighted by molar-refractivity contribution is 5.82. The van der Waals surface area contributed by atoms with E-state index >= 15 is 0 Å². The summed E-state index contributed by atoms with van der Waals surface area (Å²) >= 11 is 0. The van der Waals surface area contributed by atoms with E-state index < -0.39 is 0 Å². The first-order valence-electron chi connectivity index (χ1n) is 7.13. The third kappa shape index (κ3) is 3.57. The molecule has 0 unspecified atom stereocenters. The van der Waals surface area contributed by atoms with Gasteiger partial charge < -0.3 is 10.2 Å². The third-order valence-corrected chi connectivity index (χ3v) is 3.80. The van der Waals surface area contributed by atoms with Gasteiger partial charge in [-0.25, -0.2) is 0 Å². The lowest BCUT2D eigenvalue weighted by molar-refractivity contribution is -0.132. The number of hydrogen-bond donors (Lipinski definition) is 1.